The molecular weight excluding hydrogens is 531 g/mol. The number of amides is 2. The minimum Gasteiger partial charge on any atom is -0.450 e. The molecule has 2 aromatic heterocycles. The molecule has 0 fully saturated rings. The molecule has 0 atom stereocenters. The van der Waals surface area contributed by atoms with Gasteiger partial charge in [-0.05, 0) is 12.1 Å². The fraction of sp³-hybridized carbons (Fsp3) is 0.417. The number of benzene rings is 1. The summed E-state index contributed by atoms with van der Waals surface area (Å²) in [7, 11) is 0.0293. The molecule has 0 aliphatic heterocycles. The van der Waals surface area contributed by atoms with Crippen LogP contribution >= 0.6 is 0 Å². The number of aromatic nitrogens is 2. The van der Waals surface area contributed by atoms with Crippen molar-refractivity contribution in [3.63, 3.8) is 0 Å². The average molecular weight is 561 g/mol. The summed E-state index contributed by atoms with van der Waals surface area (Å²) >= 11 is 0. The highest BCUT2D eigenvalue weighted by atomic mass is 28.3. The van der Waals surface area contributed by atoms with Crippen molar-refractivity contribution in [1.82, 2.24) is 14.9 Å². The van der Waals surface area contributed by atoms with Gasteiger partial charge in [0.05, 0.1) is 17.6 Å². The Bertz CT molecular complexity index is 1250. The van der Waals surface area contributed by atoms with Crippen LogP contribution in [0.1, 0.15) is 5.56 Å². The van der Waals surface area contributed by atoms with Crippen LogP contribution in [0.4, 0.5) is 32.4 Å². The van der Waals surface area contributed by atoms with E-state index in [9.17, 15) is 26.7 Å². The van der Waals surface area contributed by atoms with Gasteiger partial charge in [0, 0.05) is 58.5 Å². The molecule has 14 heteroatoms. The number of alkyl halides is 3. The number of rotatable bonds is 11. The topological polar surface area (TPSA) is 86.6 Å². The molecule has 208 valence electrons. The van der Waals surface area contributed by atoms with Crippen LogP contribution in [0.15, 0.2) is 30.6 Å². The third kappa shape index (κ3) is 7.64. The largest absolute Gasteiger partial charge is 0.450 e. The molecule has 0 saturated carbocycles. The van der Waals surface area contributed by atoms with Crippen LogP contribution < -0.4 is 15.4 Å². The first kappa shape index (κ1) is 29.3. The van der Waals surface area contributed by atoms with E-state index in [2.05, 4.69) is 35.3 Å². The van der Waals surface area contributed by atoms with Gasteiger partial charge in [-0.1, -0.05) is 19.6 Å². The second-order valence-corrected chi connectivity index (χ2v) is 15.2. The third-order valence-corrected chi connectivity index (χ3v) is 7.02. The Morgan fingerprint density at radius 2 is 1.82 bits per heavy atom. The lowest BCUT2D eigenvalue weighted by atomic mass is 10.2. The maximum atomic E-state index is 14.8. The normalized spacial score (nSPS) is 12.1. The number of carbonyl (C=O) groups is 1. The van der Waals surface area contributed by atoms with Crippen molar-refractivity contribution < 1.29 is 41.0 Å². The van der Waals surface area contributed by atoms with E-state index in [-0.39, 0.29) is 31.2 Å². The van der Waals surface area contributed by atoms with Gasteiger partial charge >= 0.3 is 12.2 Å². The fourth-order valence-corrected chi connectivity index (χ4v) is 4.16. The lowest BCUT2D eigenvalue weighted by molar-refractivity contribution is -0.136. The zero-order chi connectivity index (χ0) is 28.1. The molecule has 3 aromatic rings. The maximum absolute atomic E-state index is 14.8. The molecule has 1 aromatic carbocycles. The van der Waals surface area contributed by atoms with Crippen LogP contribution in [0, 0.1) is 11.6 Å². The third-order valence-electron chi connectivity index (χ3n) is 5.31. The predicted octanol–water partition coefficient (Wildman–Crippen LogP) is 6.21. The van der Waals surface area contributed by atoms with Gasteiger partial charge < -0.3 is 29.4 Å². The Balaban J connectivity index is 1.89. The van der Waals surface area contributed by atoms with Crippen LogP contribution in [0.2, 0.25) is 25.7 Å². The molecule has 2 N–H and O–H groups in total. The highest BCUT2D eigenvalue weighted by Crippen LogP contribution is 2.42. The van der Waals surface area contributed by atoms with Gasteiger partial charge in [-0.15, -0.1) is 0 Å². The molecule has 2 amide bonds. The van der Waals surface area contributed by atoms with Crippen molar-refractivity contribution in [2.24, 2.45) is 0 Å². The fourth-order valence-electron chi connectivity index (χ4n) is 3.41. The highest BCUT2D eigenvalue weighted by Gasteiger charge is 2.37. The first-order valence-corrected chi connectivity index (χ1v) is 15.3. The number of urea groups is 1. The standard InChI is InChI=1S/C24H29F5N4O4Si/c1-35-8-7-31-23(34)32-15-11-17(25)21(18(26)12-15)37-19-5-6-30-22-20(19)16(24(27,28)29)13-33(22)14-36-9-10-38(2,3)4/h5-6,11-13H,7-10,14H2,1-4H3,(H2,31,32,34). The highest BCUT2D eigenvalue weighted by molar-refractivity contribution is 6.76. The van der Waals surface area contributed by atoms with Crippen LogP contribution in [0.3, 0.4) is 0 Å². The predicted molar refractivity (Wildman–Crippen MR) is 134 cm³/mol. The lowest BCUT2D eigenvalue weighted by Gasteiger charge is -2.15. The molecular formula is C24H29F5N4O4Si. The number of nitrogens with zero attached hydrogens (tertiary/aromatic N) is 2. The number of pyridine rings is 1. The number of anilines is 1. The van der Waals surface area contributed by atoms with E-state index >= 15 is 0 Å². The molecule has 3 rings (SSSR count). The Morgan fingerprint density at radius 3 is 2.42 bits per heavy atom. The lowest BCUT2D eigenvalue weighted by Crippen LogP contribution is -2.31. The molecule has 0 aliphatic carbocycles. The van der Waals surface area contributed by atoms with E-state index in [1.54, 1.807) is 0 Å². The van der Waals surface area contributed by atoms with E-state index < -0.39 is 54.4 Å². The first-order valence-electron chi connectivity index (χ1n) is 11.6. The summed E-state index contributed by atoms with van der Waals surface area (Å²) in [4.78, 5) is 15.9. The van der Waals surface area contributed by atoms with Crippen LogP contribution in [0.5, 0.6) is 11.5 Å². The van der Waals surface area contributed by atoms with Gasteiger partial charge in [-0.2, -0.15) is 13.2 Å². The van der Waals surface area contributed by atoms with Crippen molar-refractivity contribution in [3.8, 4) is 11.5 Å². The monoisotopic (exact) mass is 560 g/mol. The zero-order valence-corrected chi connectivity index (χ0v) is 22.3. The second kappa shape index (κ2) is 12.1. The number of halogens is 5. The summed E-state index contributed by atoms with van der Waals surface area (Å²) < 4.78 is 88.2. The van der Waals surface area contributed by atoms with Gasteiger partial charge in [0.2, 0.25) is 0 Å². The van der Waals surface area contributed by atoms with Crippen LogP contribution in [-0.2, 0) is 22.4 Å². The molecule has 0 bridgehead atoms. The molecule has 2 heterocycles. The smallest absolute Gasteiger partial charge is 0.418 e. The Morgan fingerprint density at radius 1 is 1.13 bits per heavy atom. The Kier molecular flexibility index (Phi) is 9.33. The van der Waals surface area contributed by atoms with Crippen molar-refractivity contribution in [2.75, 3.05) is 32.2 Å². The number of nitrogens with one attached hydrogen (secondary N) is 2. The van der Waals surface area contributed by atoms with Gasteiger partial charge in [-0.25, -0.2) is 18.6 Å². The van der Waals surface area contributed by atoms with E-state index in [0.717, 1.165) is 30.4 Å². The van der Waals surface area contributed by atoms with Gasteiger partial charge in [0.25, 0.3) is 0 Å². The Labute approximate surface area is 217 Å². The van der Waals surface area contributed by atoms with E-state index in [1.807, 2.05) is 0 Å². The average Bonchev–Trinajstić information content (AvgIpc) is 3.19. The number of fused-ring (bicyclic) bond motifs is 1. The molecule has 0 aliphatic rings. The SMILES string of the molecule is COCCNC(=O)Nc1cc(F)c(Oc2ccnc3c2c(C(F)(F)F)cn3COCC[Si](C)(C)C)c(F)c1. The second-order valence-electron chi connectivity index (χ2n) is 9.61. The van der Waals surface area contributed by atoms with Crippen molar-refractivity contribution in [1.29, 1.82) is 0 Å². The van der Waals surface area contributed by atoms with Crippen molar-refractivity contribution in [3.05, 3.63) is 47.8 Å². The summed E-state index contributed by atoms with van der Waals surface area (Å²) in [5, 5.41) is 4.21. The molecule has 0 radical (unpaired) electrons. The van der Waals surface area contributed by atoms with Gasteiger partial charge in [0.15, 0.2) is 17.4 Å². The molecule has 38 heavy (non-hydrogen) atoms. The quantitative estimate of drug-likeness (QED) is 0.166. The molecule has 0 spiro atoms. The summed E-state index contributed by atoms with van der Waals surface area (Å²) in [6, 6.07) is 2.75. The molecule has 0 unspecified atom stereocenters. The number of carbonyl (C=O) groups excluding carboxylic acids is 1. The van der Waals surface area contributed by atoms with Crippen molar-refractivity contribution in [2.45, 2.75) is 38.6 Å². The summed E-state index contributed by atoms with van der Waals surface area (Å²) in [6.45, 7) is 7.01. The van der Waals surface area contributed by atoms with Crippen LogP contribution in [0.25, 0.3) is 11.0 Å². The first-order chi connectivity index (χ1) is 17.8. The number of hydrogen-bond donors (Lipinski definition) is 2. The molecule has 8 nitrogen and oxygen atoms in total. The summed E-state index contributed by atoms with van der Waals surface area (Å²) in [5.41, 5.74) is -1.43. The van der Waals surface area contributed by atoms with E-state index in [1.165, 1.54) is 17.9 Å². The molecule has 0 saturated heterocycles. The van der Waals surface area contributed by atoms with E-state index in [0.29, 0.717) is 6.61 Å². The van der Waals surface area contributed by atoms with E-state index in [4.69, 9.17) is 14.2 Å². The summed E-state index contributed by atoms with van der Waals surface area (Å²) in [6.07, 6.45) is -2.79. The number of ether oxygens (including phenoxy) is 3. The zero-order valence-electron chi connectivity index (χ0n) is 21.3. The minimum atomic E-state index is -4.80. The number of hydrogen-bond acceptors (Lipinski definition) is 5. The minimum absolute atomic E-state index is 0.116. The van der Waals surface area contributed by atoms with Crippen LogP contribution in [-0.4, -0.2) is 50.5 Å². The maximum Gasteiger partial charge on any atom is 0.418 e. The Hall–Kier alpha value is -3.23. The van der Waals surface area contributed by atoms with Crippen molar-refractivity contribution >= 4 is 30.8 Å². The summed E-state index contributed by atoms with van der Waals surface area (Å²) in [5.74, 6) is -3.84. The van der Waals surface area contributed by atoms with Gasteiger partial charge in [-0.3, -0.25) is 0 Å². The van der Waals surface area contributed by atoms with Gasteiger partial charge in [0.1, 0.15) is 18.1 Å². The number of methoxy groups -OCH3 is 1.